The molecule has 4 rings (SSSR count). The van der Waals surface area contributed by atoms with E-state index in [0.29, 0.717) is 18.5 Å². The number of carbonyl (C=O) groups excluding carboxylic acids is 1. The van der Waals surface area contributed by atoms with Crippen molar-refractivity contribution in [1.82, 2.24) is 19.9 Å². The van der Waals surface area contributed by atoms with Crippen LogP contribution in [0.4, 0.5) is 0 Å². The second-order valence-corrected chi connectivity index (χ2v) is 7.00. The van der Waals surface area contributed by atoms with Crippen LogP contribution in [0.25, 0.3) is 16.9 Å². The van der Waals surface area contributed by atoms with Crippen LogP contribution in [0.2, 0.25) is 0 Å². The van der Waals surface area contributed by atoms with Crippen molar-refractivity contribution in [2.75, 3.05) is 0 Å². The van der Waals surface area contributed by atoms with Crippen molar-refractivity contribution < 1.29 is 14.7 Å². The molecule has 2 heterocycles. The molecule has 1 aliphatic rings. The molecule has 0 saturated heterocycles. The molecule has 3 aromatic rings. The molecular weight excluding hydrogens is 360 g/mol. The number of aromatic amines is 1. The molecule has 1 aliphatic carbocycles. The van der Waals surface area contributed by atoms with Gasteiger partial charge in [0, 0.05) is 23.9 Å². The molecule has 1 fully saturated rings. The number of benzene rings is 1. The molecule has 8 nitrogen and oxygen atoms in total. The molecular formula is C20H20N4O4. The molecule has 28 heavy (non-hydrogen) atoms. The summed E-state index contributed by atoms with van der Waals surface area (Å²) < 4.78 is 1.21. The van der Waals surface area contributed by atoms with E-state index < -0.39 is 23.8 Å². The van der Waals surface area contributed by atoms with E-state index >= 15 is 0 Å². The zero-order valence-electron chi connectivity index (χ0n) is 15.1. The first-order valence-corrected chi connectivity index (χ1v) is 9.25. The molecule has 2 atom stereocenters. The number of aromatic nitrogens is 3. The Hall–Kier alpha value is -3.42. The molecule has 1 saturated carbocycles. The van der Waals surface area contributed by atoms with Gasteiger partial charge in [0.25, 0.3) is 11.5 Å². The highest BCUT2D eigenvalue weighted by molar-refractivity contribution is 6.00. The van der Waals surface area contributed by atoms with Crippen LogP contribution < -0.4 is 10.9 Å². The average Bonchev–Trinajstić information content (AvgIpc) is 3.13. The molecule has 2 aromatic heterocycles. The van der Waals surface area contributed by atoms with Crippen molar-refractivity contribution >= 4 is 17.5 Å². The fraction of sp³-hybridized carbons (Fsp3) is 0.300. The van der Waals surface area contributed by atoms with Gasteiger partial charge in [-0.15, -0.1) is 0 Å². The van der Waals surface area contributed by atoms with Crippen molar-refractivity contribution in [2.24, 2.45) is 5.92 Å². The number of hydrogen-bond donors (Lipinski definition) is 3. The quantitative estimate of drug-likeness (QED) is 0.641. The second kappa shape index (κ2) is 7.30. The summed E-state index contributed by atoms with van der Waals surface area (Å²) >= 11 is 0. The van der Waals surface area contributed by atoms with E-state index in [1.54, 1.807) is 0 Å². The van der Waals surface area contributed by atoms with Gasteiger partial charge < -0.3 is 10.4 Å². The van der Waals surface area contributed by atoms with Gasteiger partial charge in [0.2, 0.25) is 0 Å². The summed E-state index contributed by atoms with van der Waals surface area (Å²) in [5.41, 5.74) is 1.34. The van der Waals surface area contributed by atoms with Gasteiger partial charge in [0.1, 0.15) is 5.56 Å². The monoisotopic (exact) mass is 380 g/mol. The Morgan fingerprint density at radius 2 is 1.93 bits per heavy atom. The largest absolute Gasteiger partial charge is 0.481 e. The van der Waals surface area contributed by atoms with Crippen molar-refractivity contribution in [2.45, 2.75) is 31.7 Å². The summed E-state index contributed by atoms with van der Waals surface area (Å²) in [5, 5.41) is 15.0. The third kappa shape index (κ3) is 3.28. The van der Waals surface area contributed by atoms with Gasteiger partial charge >= 0.3 is 5.97 Å². The molecule has 8 heteroatoms. The van der Waals surface area contributed by atoms with E-state index in [4.69, 9.17) is 0 Å². The van der Waals surface area contributed by atoms with Crippen molar-refractivity contribution in [1.29, 1.82) is 0 Å². The van der Waals surface area contributed by atoms with E-state index in [0.717, 1.165) is 18.4 Å². The lowest BCUT2D eigenvalue weighted by molar-refractivity contribution is -0.143. The summed E-state index contributed by atoms with van der Waals surface area (Å²) in [6.45, 7) is 0. The van der Waals surface area contributed by atoms with E-state index in [2.05, 4.69) is 15.4 Å². The van der Waals surface area contributed by atoms with Crippen LogP contribution in [-0.2, 0) is 4.79 Å². The Morgan fingerprint density at radius 3 is 2.68 bits per heavy atom. The van der Waals surface area contributed by atoms with E-state index in [1.165, 1.54) is 16.8 Å². The third-order valence-corrected chi connectivity index (χ3v) is 5.21. The molecule has 144 valence electrons. The van der Waals surface area contributed by atoms with Crippen LogP contribution >= 0.6 is 0 Å². The highest BCUT2D eigenvalue weighted by Gasteiger charge is 2.32. The molecule has 0 unspecified atom stereocenters. The Balaban J connectivity index is 1.68. The van der Waals surface area contributed by atoms with Gasteiger partial charge in [-0.25, -0.2) is 9.50 Å². The summed E-state index contributed by atoms with van der Waals surface area (Å²) in [6, 6.07) is 10.2. The second-order valence-electron chi connectivity index (χ2n) is 7.00. The lowest BCUT2D eigenvalue weighted by atomic mass is 9.84. The molecule has 0 spiro atoms. The fourth-order valence-corrected chi connectivity index (χ4v) is 3.75. The summed E-state index contributed by atoms with van der Waals surface area (Å²) in [7, 11) is 0. The number of nitrogens with one attached hydrogen (secondary N) is 2. The zero-order valence-corrected chi connectivity index (χ0v) is 15.1. The van der Waals surface area contributed by atoms with Crippen molar-refractivity contribution in [3.05, 3.63) is 58.5 Å². The van der Waals surface area contributed by atoms with Crippen LogP contribution in [0.1, 0.15) is 36.0 Å². The topological polar surface area (TPSA) is 117 Å². The van der Waals surface area contributed by atoms with Gasteiger partial charge in [-0.3, -0.25) is 19.5 Å². The van der Waals surface area contributed by atoms with E-state index in [9.17, 15) is 19.5 Å². The number of fused-ring (bicyclic) bond motifs is 1. The number of carboxylic acid groups (broad SMARTS) is 1. The minimum absolute atomic E-state index is 0.213. The summed E-state index contributed by atoms with van der Waals surface area (Å²) in [4.78, 5) is 41.2. The number of H-pyrrole nitrogens is 1. The van der Waals surface area contributed by atoms with Gasteiger partial charge in [-0.2, -0.15) is 0 Å². The number of amides is 1. The summed E-state index contributed by atoms with van der Waals surface area (Å²) in [5.74, 6) is -1.93. The van der Waals surface area contributed by atoms with Crippen molar-refractivity contribution in [3.8, 4) is 11.3 Å². The van der Waals surface area contributed by atoms with Crippen LogP contribution in [0.15, 0.2) is 47.4 Å². The number of hydrogen-bond acceptors (Lipinski definition) is 4. The maximum absolute atomic E-state index is 12.8. The zero-order chi connectivity index (χ0) is 19.7. The number of carbonyl (C=O) groups is 2. The van der Waals surface area contributed by atoms with Crippen molar-refractivity contribution in [3.63, 3.8) is 0 Å². The van der Waals surface area contributed by atoms with Gasteiger partial charge in [0.05, 0.1) is 11.6 Å². The third-order valence-electron chi connectivity index (χ3n) is 5.21. The van der Waals surface area contributed by atoms with Crippen LogP contribution in [0.3, 0.4) is 0 Å². The first-order valence-electron chi connectivity index (χ1n) is 9.25. The number of nitrogens with zero attached hydrogens (tertiary/aromatic N) is 2. The van der Waals surface area contributed by atoms with Crippen LogP contribution in [0.5, 0.6) is 0 Å². The van der Waals surface area contributed by atoms with E-state index in [-0.39, 0.29) is 16.8 Å². The predicted octanol–water partition coefficient (Wildman–Crippen LogP) is 2.06. The van der Waals surface area contributed by atoms with Crippen LogP contribution in [-0.4, -0.2) is 37.6 Å². The predicted molar refractivity (Wildman–Crippen MR) is 102 cm³/mol. The standard InChI is InChI=1S/C20H20N4O4/c25-17-10-16(12-6-2-1-3-7-12)22-18-14(11-21-24(17)18)19(26)23-15-9-5-4-8-13(15)20(27)28/h1-3,6-7,10-11,13,15,21H,4-5,8-9H2,(H,23,26)(H,27,28)/t13-,15+/m1/s1. The van der Waals surface area contributed by atoms with Gasteiger partial charge in [0.15, 0.2) is 5.65 Å². The number of aliphatic carboxylic acids is 1. The minimum atomic E-state index is -0.898. The fourth-order valence-electron chi connectivity index (χ4n) is 3.75. The first kappa shape index (κ1) is 18.0. The highest BCUT2D eigenvalue weighted by Crippen LogP contribution is 2.25. The lowest BCUT2D eigenvalue weighted by Gasteiger charge is -2.29. The van der Waals surface area contributed by atoms with E-state index in [1.807, 2.05) is 30.3 Å². The Morgan fingerprint density at radius 1 is 1.18 bits per heavy atom. The molecule has 3 N–H and O–H groups in total. The molecule has 0 radical (unpaired) electrons. The normalized spacial score (nSPS) is 19.4. The smallest absolute Gasteiger partial charge is 0.308 e. The maximum atomic E-state index is 12.8. The number of rotatable bonds is 4. The highest BCUT2D eigenvalue weighted by atomic mass is 16.4. The Kier molecular flexibility index (Phi) is 4.68. The minimum Gasteiger partial charge on any atom is -0.481 e. The molecule has 0 bridgehead atoms. The summed E-state index contributed by atoms with van der Waals surface area (Å²) in [6.07, 6.45) is 4.30. The lowest BCUT2D eigenvalue weighted by Crippen LogP contribution is -2.45. The molecule has 1 amide bonds. The van der Waals surface area contributed by atoms with Gasteiger partial charge in [-0.1, -0.05) is 43.2 Å². The first-order chi connectivity index (χ1) is 13.5. The maximum Gasteiger partial charge on any atom is 0.308 e. The Bertz CT molecular complexity index is 1090. The van der Waals surface area contributed by atoms with Crippen LogP contribution in [0, 0.1) is 5.92 Å². The molecule has 1 aromatic carbocycles. The number of carboxylic acids is 1. The average molecular weight is 380 g/mol. The molecule has 0 aliphatic heterocycles. The Labute approximate surface area is 160 Å². The van der Waals surface area contributed by atoms with Gasteiger partial charge in [-0.05, 0) is 12.8 Å². The SMILES string of the molecule is O=C(N[C@H]1CCCC[C@H]1C(=O)O)c1c[nH]n2c(=O)cc(-c3ccccc3)nc12.